The summed E-state index contributed by atoms with van der Waals surface area (Å²) in [5.41, 5.74) is 0. The maximum Gasteiger partial charge on any atom is 0.308 e. The van der Waals surface area contributed by atoms with E-state index in [2.05, 4.69) is 0 Å². The van der Waals surface area contributed by atoms with Crippen molar-refractivity contribution in [3.8, 4) is 0 Å². The van der Waals surface area contributed by atoms with Gasteiger partial charge in [-0.05, 0) is 19.8 Å². The molecule has 21 heavy (non-hydrogen) atoms. The lowest BCUT2D eigenvalue weighted by Gasteiger charge is -2.29. The highest BCUT2D eigenvalue weighted by Gasteiger charge is 2.31. The lowest BCUT2D eigenvalue weighted by Crippen LogP contribution is -2.42. The summed E-state index contributed by atoms with van der Waals surface area (Å²) < 4.78 is 27.8. The fourth-order valence-corrected chi connectivity index (χ4v) is 3.09. The van der Waals surface area contributed by atoms with Gasteiger partial charge in [0, 0.05) is 19.2 Å². The van der Waals surface area contributed by atoms with E-state index in [1.54, 1.807) is 0 Å². The minimum atomic E-state index is -3.96. The predicted octanol–water partition coefficient (Wildman–Crippen LogP) is 0.172. The number of carbonyl (C=O) groups is 2. The number of nitrogens with zero attached hydrogens (tertiary/aromatic N) is 1. The van der Waals surface area contributed by atoms with Gasteiger partial charge in [-0.25, -0.2) is 13.6 Å². The SMILES string of the molecule is Cc1oc(C(=O)N2CCC[C@@H](C(=O)O)C2)cc1S(N)(=O)=O. The van der Waals surface area contributed by atoms with Crippen LogP contribution in [-0.4, -0.2) is 43.4 Å². The van der Waals surface area contributed by atoms with E-state index in [-0.39, 0.29) is 23.0 Å². The molecule has 0 saturated carbocycles. The third-order valence-corrected chi connectivity index (χ3v) is 4.47. The fourth-order valence-electron chi connectivity index (χ4n) is 2.37. The maximum atomic E-state index is 12.3. The van der Waals surface area contributed by atoms with E-state index in [1.807, 2.05) is 0 Å². The number of carboxylic acid groups (broad SMARTS) is 1. The zero-order valence-corrected chi connectivity index (χ0v) is 12.2. The molecule has 1 saturated heterocycles. The van der Waals surface area contributed by atoms with E-state index >= 15 is 0 Å². The number of aliphatic carboxylic acids is 1. The Morgan fingerprint density at radius 2 is 2.14 bits per heavy atom. The van der Waals surface area contributed by atoms with Crippen LogP contribution in [0.1, 0.15) is 29.2 Å². The first-order chi connectivity index (χ1) is 9.70. The molecule has 0 aromatic carbocycles. The number of amides is 1. The van der Waals surface area contributed by atoms with Crippen LogP contribution in [0.3, 0.4) is 0 Å². The van der Waals surface area contributed by atoms with Crippen LogP contribution in [0.5, 0.6) is 0 Å². The number of hydrogen-bond donors (Lipinski definition) is 2. The maximum absolute atomic E-state index is 12.3. The molecule has 2 heterocycles. The van der Waals surface area contributed by atoms with Gasteiger partial charge in [0.05, 0.1) is 5.92 Å². The third-order valence-electron chi connectivity index (χ3n) is 3.45. The molecule has 116 valence electrons. The van der Waals surface area contributed by atoms with Crippen LogP contribution in [0, 0.1) is 12.8 Å². The normalized spacial score (nSPS) is 19.5. The molecule has 8 nitrogen and oxygen atoms in total. The van der Waals surface area contributed by atoms with Crippen LogP contribution in [0.15, 0.2) is 15.4 Å². The van der Waals surface area contributed by atoms with Crippen molar-refractivity contribution < 1.29 is 27.5 Å². The van der Waals surface area contributed by atoms with Gasteiger partial charge in [-0.15, -0.1) is 0 Å². The van der Waals surface area contributed by atoms with Crippen LogP contribution in [-0.2, 0) is 14.8 Å². The predicted molar refractivity (Wildman–Crippen MR) is 71.1 cm³/mol. The molecule has 1 aliphatic heterocycles. The van der Waals surface area contributed by atoms with E-state index < -0.39 is 27.8 Å². The molecule has 1 aliphatic rings. The van der Waals surface area contributed by atoms with E-state index in [0.29, 0.717) is 19.4 Å². The second-order valence-electron chi connectivity index (χ2n) is 5.00. The van der Waals surface area contributed by atoms with Crippen LogP contribution < -0.4 is 5.14 Å². The molecule has 3 N–H and O–H groups in total. The minimum Gasteiger partial charge on any atom is -0.481 e. The van der Waals surface area contributed by atoms with E-state index in [0.717, 1.165) is 6.07 Å². The minimum absolute atomic E-state index is 0.0349. The lowest BCUT2D eigenvalue weighted by atomic mass is 9.98. The average molecular weight is 316 g/mol. The summed E-state index contributed by atoms with van der Waals surface area (Å²) in [6.07, 6.45) is 1.09. The molecule has 1 fully saturated rings. The highest BCUT2D eigenvalue weighted by Crippen LogP contribution is 2.23. The molecular formula is C12H16N2O6S. The number of sulfonamides is 1. The largest absolute Gasteiger partial charge is 0.481 e. The Balaban J connectivity index is 2.23. The van der Waals surface area contributed by atoms with Gasteiger partial charge in [-0.1, -0.05) is 0 Å². The summed E-state index contributed by atoms with van der Waals surface area (Å²) in [5, 5.41) is 14.0. The summed E-state index contributed by atoms with van der Waals surface area (Å²) in [6, 6.07) is 1.08. The zero-order chi connectivity index (χ0) is 15.8. The van der Waals surface area contributed by atoms with Crippen molar-refractivity contribution in [1.82, 2.24) is 4.90 Å². The quantitative estimate of drug-likeness (QED) is 0.817. The Morgan fingerprint density at radius 1 is 1.48 bits per heavy atom. The molecule has 1 atom stereocenters. The third kappa shape index (κ3) is 3.24. The first-order valence-electron chi connectivity index (χ1n) is 6.35. The molecular weight excluding hydrogens is 300 g/mol. The molecule has 1 aromatic heterocycles. The first kappa shape index (κ1) is 15.5. The summed E-state index contributed by atoms with van der Waals surface area (Å²) in [5.74, 6) is -2.21. The number of nitrogens with two attached hydrogens (primary N) is 1. The number of piperidine rings is 1. The summed E-state index contributed by atoms with van der Waals surface area (Å²) in [4.78, 5) is 24.4. The van der Waals surface area contributed by atoms with E-state index in [1.165, 1.54) is 11.8 Å². The number of furan rings is 1. The van der Waals surface area contributed by atoms with Crippen molar-refractivity contribution in [2.45, 2.75) is 24.7 Å². The summed E-state index contributed by atoms with van der Waals surface area (Å²) in [7, 11) is -3.96. The van der Waals surface area contributed by atoms with Crippen molar-refractivity contribution >= 4 is 21.9 Å². The van der Waals surface area contributed by atoms with Crippen LogP contribution in [0.4, 0.5) is 0 Å². The van der Waals surface area contributed by atoms with Crippen LogP contribution in [0.2, 0.25) is 0 Å². The highest BCUT2D eigenvalue weighted by molar-refractivity contribution is 7.89. The Morgan fingerprint density at radius 3 is 2.67 bits per heavy atom. The lowest BCUT2D eigenvalue weighted by molar-refractivity contribution is -0.143. The van der Waals surface area contributed by atoms with E-state index in [9.17, 15) is 18.0 Å². The zero-order valence-electron chi connectivity index (χ0n) is 11.4. The van der Waals surface area contributed by atoms with Gasteiger partial charge in [0.1, 0.15) is 10.7 Å². The van der Waals surface area contributed by atoms with Crippen LogP contribution >= 0.6 is 0 Å². The number of rotatable bonds is 3. The molecule has 0 unspecified atom stereocenters. The standard InChI is InChI=1S/C12H16N2O6S/c1-7-10(21(13,18)19)5-9(20-7)11(15)14-4-2-3-8(6-14)12(16)17/h5,8H,2-4,6H2,1H3,(H,16,17)(H2,13,18,19)/t8-/m1/s1. The Hall–Kier alpha value is -1.87. The number of carbonyl (C=O) groups excluding carboxylic acids is 1. The van der Waals surface area contributed by atoms with Gasteiger partial charge in [0.2, 0.25) is 10.0 Å². The second kappa shape index (κ2) is 5.49. The monoisotopic (exact) mass is 316 g/mol. The van der Waals surface area contributed by atoms with Crippen molar-refractivity contribution in [2.24, 2.45) is 11.1 Å². The smallest absolute Gasteiger partial charge is 0.308 e. The summed E-state index contributed by atoms with van der Waals surface area (Å²) >= 11 is 0. The van der Waals surface area contributed by atoms with Crippen LogP contribution in [0.25, 0.3) is 0 Å². The van der Waals surface area contributed by atoms with E-state index in [4.69, 9.17) is 14.7 Å². The fraction of sp³-hybridized carbons (Fsp3) is 0.500. The van der Waals surface area contributed by atoms with Gasteiger partial charge in [-0.3, -0.25) is 9.59 Å². The molecule has 0 spiro atoms. The number of carboxylic acids is 1. The van der Waals surface area contributed by atoms with Gasteiger partial charge in [-0.2, -0.15) is 0 Å². The molecule has 0 aliphatic carbocycles. The van der Waals surface area contributed by atoms with Crippen molar-refractivity contribution in [1.29, 1.82) is 0 Å². The average Bonchev–Trinajstić information content (AvgIpc) is 2.80. The van der Waals surface area contributed by atoms with Crippen molar-refractivity contribution in [3.05, 3.63) is 17.6 Å². The van der Waals surface area contributed by atoms with Gasteiger partial charge in [0.15, 0.2) is 5.76 Å². The topological polar surface area (TPSA) is 131 Å². The van der Waals surface area contributed by atoms with Gasteiger partial charge >= 0.3 is 5.97 Å². The number of likely N-dealkylation sites (tertiary alicyclic amines) is 1. The number of aryl methyl sites for hydroxylation is 1. The first-order valence-corrected chi connectivity index (χ1v) is 7.90. The molecule has 0 bridgehead atoms. The van der Waals surface area contributed by atoms with Crippen molar-refractivity contribution in [3.63, 3.8) is 0 Å². The Labute approximate surface area is 121 Å². The Bertz CT molecular complexity index is 678. The van der Waals surface area contributed by atoms with Crippen molar-refractivity contribution in [2.75, 3.05) is 13.1 Å². The number of primary sulfonamides is 1. The summed E-state index contributed by atoms with van der Waals surface area (Å²) in [6.45, 7) is 1.89. The van der Waals surface area contributed by atoms with Gasteiger partial charge < -0.3 is 14.4 Å². The molecule has 1 amide bonds. The molecule has 0 radical (unpaired) electrons. The molecule has 9 heteroatoms. The molecule has 2 rings (SSSR count). The number of hydrogen-bond acceptors (Lipinski definition) is 5. The highest BCUT2D eigenvalue weighted by atomic mass is 32.2. The second-order valence-corrected chi connectivity index (χ2v) is 6.53. The van der Waals surface area contributed by atoms with Gasteiger partial charge in [0.25, 0.3) is 5.91 Å². The molecule has 1 aromatic rings. The Kier molecular flexibility index (Phi) is 4.06.